The van der Waals surface area contributed by atoms with Gasteiger partial charge in [-0.05, 0) is 24.1 Å². The first-order valence-electron chi connectivity index (χ1n) is 6.35. The molecule has 0 saturated carbocycles. The van der Waals surface area contributed by atoms with E-state index in [0.717, 1.165) is 17.7 Å². The molecule has 104 valence electrons. The zero-order valence-electron chi connectivity index (χ0n) is 10.7. The number of hydrogen-bond acceptors (Lipinski definition) is 4. The Morgan fingerprint density at radius 3 is 2.85 bits per heavy atom. The van der Waals surface area contributed by atoms with Gasteiger partial charge in [-0.25, -0.2) is 0 Å². The van der Waals surface area contributed by atoms with E-state index in [1.165, 1.54) is 11.8 Å². The Hall–Kier alpha value is -1.46. The Bertz CT molecular complexity index is 698. The molecule has 1 N–H and O–H groups in total. The van der Waals surface area contributed by atoms with Gasteiger partial charge in [0.2, 0.25) is 5.88 Å². The molecule has 0 spiro atoms. The van der Waals surface area contributed by atoms with Gasteiger partial charge in [0.1, 0.15) is 0 Å². The van der Waals surface area contributed by atoms with Crippen LogP contribution in [0.4, 0.5) is 0 Å². The maximum absolute atomic E-state index is 12.4. The highest BCUT2D eigenvalue weighted by Crippen LogP contribution is 2.25. The predicted molar refractivity (Wildman–Crippen MR) is 79.8 cm³/mol. The van der Waals surface area contributed by atoms with Crippen molar-refractivity contribution in [2.45, 2.75) is 24.5 Å². The molecule has 0 amide bonds. The number of aromatic hydroxyl groups is 1. The van der Waals surface area contributed by atoms with E-state index in [1.54, 1.807) is 16.7 Å². The molecule has 0 fully saturated rings. The van der Waals surface area contributed by atoms with Gasteiger partial charge in [0.05, 0.1) is 5.56 Å². The second-order valence-corrected chi connectivity index (χ2v) is 6.16. The number of hydrogen-bond donors (Lipinski definition) is 1. The van der Waals surface area contributed by atoms with Crippen LogP contribution in [0.5, 0.6) is 5.88 Å². The molecule has 20 heavy (non-hydrogen) atoms. The minimum Gasteiger partial charge on any atom is -0.493 e. The summed E-state index contributed by atoms with van der Waals surface area (Å²) in [4.78, 5) is 16.6. The molecule has 1 aromatic heterocycles. The molecular formula is C14H13ClN2O2S. The fourth-order valence-corrected chi connectivity index (χ4v) is 3.28. The molecule has 0 atom stereocenters. The third kappa shape index (κ3) is 2.55. The van der Waals surface area contributed by atoms with E-state index in [0.29, 0.717) is 28.7 Å². The molecule has 0 aliphatic carbocycles. The SMILES string of the molecule is O=c1c(Cc2ccc(Cl)cc2)c(O)nc2n1CCCS2. The first-order chi connectivity index (χ1) is 9.65. The molecule has 6 heteroatoms. The number of benzene rings is 1. The Morgan fingerprint density at radius 1 is 1.35 bits per heavy atom. The molecule has 3 rings (SSSR count). The Balaban J connectivity index is 2.01. The lowest BCUT2D eigenvalue weighted by atomic mass is 10.1. The number of aromatic nitrogens is 2. The normalized spacial score (nSPS) is 14.1. The molecule has 0 bridgehead atoms. The molecule has 2 aromatic rings. The van der Waals surface area contributed by atoms with E-state index in [2.05, 4.69) is 4.98 Å². The summed E-state index contributed by atoms with van der Waals surface area (Å²) in [6.07, 6.45) is 1.31. The van der Waals surface area contributed by atoms with Gasteiger partial charge in [0.25, 0.3) is 5.56 Å². The summed E-state index contributed by atoms with van der Waals surface area (Å²) in [6, 6.07) is 7.24. The van der Waals surface area contributed by atoms with Crippen LogP contribution in [-0.2, 0) is 13.0 Å². The highest BCUT2D eigenvalue weighted by atomic mass is 35.5. The van der Waals surface area contributed by atoms with Gasteiger partial charge in [0, 0.05) is 23.7 Å². The van der Waals surface area contributed by atoms with E-state index < -0.39 is 0 Å². The van der Waals surface area contributed by atoms with Crippen molar-refractivity contribution in [3.05, 3.63) is 50.8 Å². The zero-order valence-corrected chi connectivity index (χ0v) is 12.2. The third-order valence-corrected chi connectivity index (χ3v) is 4.57. The smallest absolute Gasteiger partial charge is 0.261 e. The number of nitrogens with zero attached hydrogens (tertiary/aromatic N) is 2. The van der Waals surface area contributed by atoms with Crippen molar-refractivity contribution >= 4 is 23.4 Å². The maximum atomic E-state index is 12.4. The quantitative estimate of drug-likeness (QED) is 0.867. The van der Waals surface area contributed by atoms with Crippen molar-refractivity contribution in [2.24, 2.45) is 0 Å². The van der Waals surface area contributed by atoms with Gasteiger partial charge in [-0.2, -0.15) is 4.98 Å². The molecular weight excluding hydrogens is 296 g/mol. The van der Waals surface area contributed by atoms with Crippen LogP contribution in [0.25, 0.3) is 0 Å². The Kier molecular flexibility index (Phi) is 3.72. The van der Waals surface area contributed by atoms with E-state index >= 15 is 0 Å². The number of fused-ring (bicyclic) bond motifs is 1. The lowest BCUT2D eigenvalue weighted by Crippen LogP contribution is -2.29. The molecule has 1 aromatic carbocycles. The summed E-state index contributed by atoms with van der Waals surface area (Å²) in [5.41, 5.74) is 1.13. The van der Waals surface area contributed by atoms with Crippen molar-refractivity contribution in [3.63, 3.8) is 0 Å². The average molecular weight is 309 g/mol. The number of halogens is 1. The van der Waals surface area contributed by atoms with Crippen LogP contribution in [0.15, 0.2) is 34.2 Å². The monoisotopic (exact) mass is 308 g/mol. The summed E-state index contributed by atoms with van der Waals surface area (Å²) in [7, 11) is 0. The first kappa shape index (κ1) is 13.5. The second kappa shape index (κ2) is 5.50. The van der Waals surface area contributed by atoms with Crippen LogP contribution in [0.3, 0.4) is 0 Å². The summed E-state index contributed by atoms with van der Waals surface area (Å²) in [5, 5.41) is 11.3. The number of thioether (sulfide) groups is 1. The van der Waals surface area contributed by atoms with E-state index in [4.69, 9.17) is 11.6 Å². The van der Waals surface area contributed by atoms with Crippen LogP contribution in [-0.4, -0.2) is 20.4 Å². The van der Waals surface area contributed by atoms with Gasteiger partial charge in [-0.15, -0.1) is 0 Å². The highest BCUT2D eigenvalue weighted by molar-refractivity contribution is 7.99. The van der Waals surface area contributed by atoms with Crippen molar-refractivity contribution in [1.29, 1.82) is 0 Å². The van der Waals surface area contributed by atoms with Gasteiger partial charge in [0.15, 0.2) is 5.16 Å². The summed E-state index contributed by atoms with van der Waals surface area (Å²) in [5.74, 6) is 0.771. The van der Waals surface area contributed by atoms with Crippen molar-refractivity contribution < 1.29 is 5.11 Å². The molecule has 2 heterocycles. The van der Waals surface area contributed by atoms with E-state index in [9.17, 15) is 9.90 Å². The lowest BCUT2D eigenvalue weighted by molar-refractivity contribution is 0.421. The fraction of sp³-hybridized carbons (Fsp3) is 0.286. The zero-order chi connectivity index (χ0) is 14.1. The standard InChI is InChI=1S/C14H13ClN2O2S/c15-10-4-2-9(3-5-10)8-11-12(18)16-14-17(13(11)19)6-1-7-20-14/h2-5,18H,1,6-8H2. The summed E-state index contributed by atoms with van der Waals surface area (Å²) in [6.45, 7) is 0.669. The topological polar surface area (TPSA) is 55.1 Å². The van der Waals surface area contributed by atoms with Gasteiger partial charge in [-0.3, -0.25) is 9.36 Å². The second-order valence-electron chi connectivity index (χ2n) is 4.66. The summed E-state index contributed by atoms with van der Waals surface area (Å²) < 4.78 is 1.65. The Morgan fingerprint density at radius 2 is 2.10 bits per heavy atom. The highest BCUT2D eigenvalue weighted by Gasteiger charge is 2.19. The average Bonchev–Trinajstić information content (AvgIpc) is 2.45. The summed E-state index contributed by atoms with van der Waals surface area (Å²) >= 11 is 7.35. The van der Waals surface area contributed by atoms with Crippen LogP contribution in [0.2, 0.25) is 5.02 Å². The number of rotatable bonds is 2. The van der Waals surface area contributed by atoms with Crippen molar-refractivity contribution in [1.82, 2.24) is 9.55 Å². The largest absolute Gasteiger partial charge is 0.493 e. The Labute approximate surface area is 125 Å². The van der Waals surface area contributed by atoms with Gasteiger partial charge in [-0.1, -0.05) is 35.5 Å². The predicted octanol–water partition coefficient (Wildman–Crippen LogP) is 2.69. The van der Waals surface area contributed by atoms with Crippen molar-refractivity contribution in [2.75, 3.05) is 5.75 Å². The van der Waals surface area contributed by atoms with Crippen LogP contribution in [0.1, 0.15) is 17.5 Å². The lowest BCUT2D eigenvalue weighted by Gasteiger charge is -2.18. The maximum Gasteiger partial charge on any atom is 0.261 e. The molecule has 0 unspecified atom stereocenters. The molecule has 4 nitrogen and oxygen atoms in total. The molecule has 1 aliphatic rings. The van der Waals surface area contributed by atoms with E-state index in [-0.39, 0.29) is 11.4 Å². The fourth-order valence-electron chi connectivity index (χ4n) is 2.22. The first-order valence-corrected chi connectivity index (χ1v) is 7.71. The molecule has 1 aliphatic heterocycles. The van der Waals surface area contributed by atoms with Crippen LogP contribution >= 0.6 is 23.4 Å². The molecule has 0 radical (unpaired) electrons. The minimum atomic E-state index is -0.161. The third-order valence-electron chi connectivity index (χ3n) is 3.26. The minimum absolute atomic E-state index is 0.144. The van der Waals surface area contributed by atoms with Gasteiger partial charge >= 0.3 is 0 Å². The van der Waals surface area contributed by atoms with E-state index in [1.807, 2.05) is 12.1 Å². The van der Waals surface area contributed by atoms with Crippen LogP contribution in [0, 0.1) is 0 Å². The van der Waals surface area contributed by atoms with Crippen LogP contribution < -0.4 is 5.56 Å². The molecule has 0 saturated heterocycles. The van der Waals surface area contributed by atoms with Gasteiger partial charge < -0.3 is 5.11 Å². The van der Waals surface area contributed by atoms with Crippen molar-refractivity contribution in [3.8, 4) is 5.88 Å².